The summed E-state index contributed by atoms with van der Waals surface area (Å²) in [6, 6.07) is 13.1. The lowest BCUT2D eigenvalue weighted by molar-refractivity contribution is -0.149. The van der Waals surface area contributed by atoms with Crippen LogP contribution in [0.15, 0.2) is 48.5 Å². The molecule has 0 aliphatic rings. The zero-order valence-electron chi connectivity index (χ0n) is 15.9. The van der Waals surface area contributed by atoms with Crippen LogP contribution in [0, 0.1) is 13.8 Å². The fraction of sp³-hybridized carbons (Fsp3) is 0.286. The Kier molecular flexibility index (Phi) is 8.72. The minimum Gasteiger partial charge on any atom is -0.478 e. The largest absolute Gasteiger partial charge is 0.478 e. The Morgan fingerprint density at radius 2 is 1.22 bits per heavy atom. The van der Waals surface area contributed by atoms with E-state index < -0.39 is 30.6 Å². The summed E-state index contributed by atoms with van der Waals surface area (Å²) in [5.41, 5.74) is 2.45. The van der Waals surface area contributed by atoms with Crippen LogP contribution in [0.3, 0.4) is 0 Å². The highest BCUT2D eigenvalue weighted by molar-refractivity contribution is 5.92. The summed E-state index contributed by atoms with van der Waals surface area (Å²) >= 11 is 0. The first-order valence-electron chi connectivity index (χ1n) is 8.61. The lowest BCUT2D eigenvalue weighted by atomic mass is 10.1. The molecule has 27 heavy (non-hydrogen) atoms. The summed E-state index contributed by atoms with van der Waals surface area (Å²) in [6.45, 7) is 7.17. The fourth-order valence-corrected chi connectivity index (χ4v) is 1.97. The van der Waals surface area contributed by atoms with Crippen LogP contribution < -0.4 is 0 Å². The van der Waals surface area contributed by atoms with E-state index >= 15 is 0 Å². The SMILES string of the molecule is CC.Cc1ccc(C(=O)OCC(OC(=O)c2ccc(C)cc2)C(=O)O)cc1. The predicted octanol–water partition coefficient (Wildman–Crippen LogP) is 3.80. The molecular formula is C21H24O6. The molecule has 0 fully saturated rings. The molecule has 1 atom stereocenters. The summed E-state index contributed by atoms with van der Waals surface area (Å²) < 4.78 is 9.88. The highest BCUT2D eigenvalue weighted by Gasteiger charge is 2.25. The van der Waals surface area contributed by atoms with Crippen LogP contribution in [-0.4, -0.2) is 35.7 Å². The zero-order valence-corrected chi connectivity index (χ0v) is 15.9. The summed E-state index contributed by atoms with van der Waals surface area (Å²) in [5.74, 6) is -2.87. The summed E-state index contributed by atoms with van der Waals surface area (Å²) in [6.07, 6.45) is -1.58. The second kappa shape index (κ2) is 10.8. The quantitative estimate of drug-likeness (QED) is 0.776. The third-order valence-corrected chi connectivity index (χ3v) is 3.47. The van der Waals surface area contributed by atoms with Crippen LogP contribution >= 0.6 is 0 Å². The van der Waals surface area contributed by atoms with Gasteiger partial charge in [-0.15, -0.1) is 0 Å². The van der Waals surface area contributed by atoms with Crippen molar-refractivity contribution in [3.05, 3.63) is 70.8 Å². The van der Waals surface area contributed by atoms with E-state index in [9.17, 15) is 14.4 Å². The maximum absolute atomic E-state index is 12.0. The molecular weight excluding hydrogens is 348 g/mol. The van der Waals surface area contributed by atoms with Crippen LogP contribution in [0.2, 0.25) is 0 Å². The smallest absolute Gasteiger partial charge is 0.348 e. The molecule has 2 aromatic rings. The summed E-state index contributed by atoms with van der Waals surface area (Å²) in [7, 11) is 0. The normalized spacial score (nSPS) is 10.8. The Morgan fingerprint density at radius 1 is 0.815 bits per heavy atom. The first-order chi connectivity index (χ1) is 12.9. The van der Waals surface area contributed by atoms with Crippen LogP contribution in [0.1, 0.15) is 45.7 Å². The van der Waals surface area contributed by atoms with Gasteiger partial charge in [0.25, 0.3) is 0 Å². The molecule has 1 unspecified atom stereocenters. The number of hydrogen-bond donors (Lipinski definition) is 1. The number of carboxylic acid groups (broad SMARTS) is 1. The van der Waals surface area contributed by atoms with Crippen molar-refractivity contribution in [2.45, 2.75) is 33.8 Å². The van der Waals surface area contributed by atoms with E-state index in [0.29, 0.717) is 5.56 Å². The van der Waals surface area contributed by atoms with Crippen molar-refractivity contribution in [3.8, 4) is 0 Å². The van der Waals surface area contributed by atoms with Gasteiger partial charge >= 0.3 is 17.9 Å². The number of aliphatic carboxylic acids is 1. The summed E-state index contributed by atoms with van der Waals surface area (Å²) in [5, 5.41) is 9.16. The lowest BCUT2D eigenvalue weighted by Gasteiger charge is -2.14. The Balaban J connectivity index is 0.00000176. The number of benzene rings is 2. The topological polar surface area (TPSA) is 89.9 Å². The Hall–Kier alpha value is -3.15. The van der Waals surface area contributed by atoms with Gasteiger partial charge in [0.05, 0.1) is 11.1 Å². The first-order valence-corrected chi connectivity index (χ1v) is 8.61. The second-order valence-corrected chi connectivity index (χ2v) is 5.56. The molecule has 0 saturated carbocycles. The fourth-order valence-electron chi connectivity index (χ4n) is 1.97. The van der Waals surface area contributed by atoms with E-state index in [1.54, 1.807) is 36.4 Å². The van der Waals surface area contributed by atoms with E-state index in [4.69, 9.17) is 14.6 Å². The number of aryl methyl sites for hydroxylation is 2. The number of carboxylic acids is 1. The molecule has 0 radical (unpaired) electrons. The van der Waals surface area contributed by atoms with Crippen molar-refractivity contribution in [3.63, 3.8) is 0 Å². The average Bonchev–Trinajstić information content (AvgIpc) is 2.67. The third kappa shape index (κ3) is 6.93. The van der Waals surface area contributed by atoms with E-state index in [1.165, 1.54) is 12.1 Å². The number of rotatable bonds is 6. The lowest BCUT2D eigenvalue weighted by Crippen LogP contribution is -2.32. The molecule has 144 valence electrons. The van der Waals surface area contributed by atoms with Crippen LogP contribution in [-0.2, 0) is 14.3 Å². The zero-order chi connectivity index (χ0) is 20.4. The van der Waals surface area contributed by atoms with E-state index in [2.05, 4.69) is 0 Å². The maximum atomic E-state index is 12.0. The summed E-state index contributed by atoms with van der Waals surface area (Å²) in [4.78, 5) is 35.2. The van der Waals surface area contributed by atoms with Gasteiger partial charge in [-0.05, 0) is 38.1 Å². The van der Waals surface area contributed by atoms with Gasteiger partial charge in [0, 0.05) is 0 Å². The molecule has 0 aromatic heterocycles. The molecule has 0 saturated heterocycles. The van der Waals surface area contributed by atoms with Crippen molar-refractivity contribution in [2.75, 3.05) is 6.61 Å². The Labute approximate surface area is 158 Å². The number of carbonyl (C=O) groups is 3. The highest BCUT2D eigenvalue weighted by Crippen LogP contribution is 2.09. The van der Waals surface area contributed by atoms with Crippen molar-refractivity contribution < 1.29 is 29.0 Å². The molecule has 0 amide bonds. The van der Waals surface area contributed by atoms with Gasteiger partial charge in [0.2, 0.25) is 6.10 Å². The molecule has 0 heterocycles. The molecule has 2 aromatic carbocycles. The molecule has 6 nitrogen and oxygen atoms in total. The van der Waals surface area contributed by atoms with Crippen LogP contribution in [0.5, 0.6) is 0 Å². The number of hydrogen-bond acceptors (Lipinski definition) is 5. The van der Waals surface area contributed by atoms with Gasteiger partial charge in [-0.25, -0.2) is 14.4 Å². The van der Waals surface area contributed by atoms with Crippen molar-refractivity contribution in [2.24, 2.45) is 0 Å². The van der Waals surface area contributed by atoms with E-state index in [0.717, 1.165) is 11.1 Å². The van der Waals surface area contributed by atoms with Gasteiger partial charge in [-0.3, -0.25) is 0 Å². The van der Waals surface area contributed by atoms with Gasteiger partial charge in [-0.1, -0.05) is 49.2 Å². The van der Waals surface area contributed by atoms with Crippen LogP contribution in [0.4, 0.5) is 0 Å². The van der Waals surface area contributed by atoms with E-state index in [1.807, 2.05) is 27.7 Å². The number of esters is 2. The molecule has 1 N–H and O–H groups in total. The molecule has 0 spiro atoms. The Morgan fingerprint density at radius 3 is 1.63 bits per heavy atom. The number of carbonyl (C=O) groups excluding carboxylic acids is 2. The molecule has 6 heteroatoms. The van der Waals surface area contributed by atoms with Crippen LogP contribution in [0.25, 0.3) is 0 Å². The van der Waals surface area contributed by atoms with Gasteiger partial charge in [0.1, 0.15) is 6.61 Å². The Bertz CT molecular complexity index is 762. The minimum atomic E-state index is -1.58. The van der Waals surface area contributed by atoms with E-state index in [-0.39, 0.29) is 5.56 Å². The first kappa shape index (κ1) is 21.9. The maximum Gasteiger partial charge on any atom is 0.348 e. The second-order valence-electron chi connectivity index (χ2n) is 5.56. The minimum absolute atomic E-state index is 0.224. The molecule has 0 aliphatic carbocycles. The highest BCUT2D eigenvalue weighted by atomic mass is 16.6. The predicted molar refractivity (Wildman–Crippen MR) is 101 cm³/mol. The van der Waals surface area contributed by atoms with Crippen molar-refractivity contribution in [1.29, 1.82) is 0 Å². The van der Waals surface area contributed by atoms with Gasteiger partial charge in [0.15, 0.2) is 0 Å². The molecule has 0 bridgehead atoms. The molecule has 2 rings (SSSR count). The van der Waals surface area contributed by atoms with Gasteiger partial charge < -0.3 is 14.6 Å². The number of ether oxygens (including phenoxy) is 2. The van der Waals surface area contributed by atoms with Crippen molar-refractivity contribution >= 4 is 17.9 Å². The monoisotopic (exact) mass is 372 g/mol. The van der Waals surface area contributed by atoms with Gasteiger partial charge in [-0.2, -0.15) is 0 Å². The third-order valence-electron chi connectivity index (χ3n) is 3.47. The average molecular weight is 372 g/mol. The molecule has 0 aliphatic heterocycles. The standard InChI is InChI=1S/C19H18O6.C2H6/c1-12-3-7-14(8-4-12)18(22)24-11-16(17(20)21)25-19(23)15-9-5-13(2)6-10-15;1-2/h3-10,16H,11H2,1-2H3,(H,20,21);1-2H3. The van der Waals surface area contributed by atoms with Crippen molar-refractivity contribution in [1.82, 2.24) is 0 Å².